The summed E-state index contributed by atoms with van der Waals surface area (Å²) >= 11 is 6.18. The second kappa shape index (κ2) is 8.68. The second-order valence-electron chi connectivity index (χ2n) is 6.34. The first-order valence-corrected chi connectivity index (χ1v) is 10.7. The van der Waals surface area contributed by atoms with Crippen molar-refractivity contribution in [2.45, 2.75) is 37.1 Å². The van der Waals surface area contributed by atoms with Gasteiger partial charge in [0.1, 0.15) is 5.54 Å². The summed E-state index contributed by atoms with van der Waals surface area (Å²) in [7, 11) is -2.42. The summed E-state index contributed by atoms with van der Waals surface area (Å²) in [6.07, 6.45) is 6.68. The summed E-state index contributed by atoms with van der Waals surface area (Å²) in [5.41, 5.74) is -0.242. The Morgan fingerprint density at radius 3 is 2.32 bits per heavy atom. The number of carbonyl (C=O) groups excluding carboxylic acids is 1. The lowest BCUT2D eigenvalue weighted by Crippen LogP contribution is -2.46. The Morgan fingerprint density at radius 2 is 1.79 bits per heavy atom. The average molecular weight is 419 g/mol. The van der Waals surface area contributed by atoms with Crippen LogP contribution < -0.4 is 9.62 Å². The molecule has 2 aromatic carbocycles. The number of nitrogens with zero attached hydrogens (tertiary/aromatic N) is 1. The van der Waals surface area contributed by atoms with E-state index in [1.165, 1.54) is 25.2 Å². The minimum absolute atomic E-state index is 0.0345. The number of amides is 1. The van der Waals surface area contributed by atoms with Crippen LogP contribution in [0.3, 0.4) is 0 Å². The quantitative estimate of drug-likeness (QED) is 0.689. The summed E-state index contributed by atoms with van der Waals surface area (Å²) in [6, 6.07) is 12.7. The number of terminal acetylenes is 1. The highest BCUT2D eigenvalue weighted by molar-refractivity contribution is 7.92. The van der Waals surface area contributed by atoms with Crippen molar-refractivity contribution in [3.63, 3.8) is 0 Å². The molecule has 0 spiro atoms. The molecule has 148 valence electrons. The predicted molar refractivity (Wildman–Crippen MR) is 113 cm³/mol. The zero-order chi connectivity index (χ0) is 20.9. The van der Waals surface area contributed by atoms with E-state index in [9.17, 15) is 13.2 Å². The van der Waals surface area contributed by atoms with E-state index in [0.29, 0.717) is 18.5 Å². The number of nitrogens with one attached hydrogen (secondary N) is 1. The predicted octanol–water partition coefficient (Wildman–Crippen LogP) is 4.09. The van der Waals surface area contributed by atoms with E-state index < -0.39 is 21.5 Å². The van der Waals surface area contributed by atoms with Crippen molar-refractivity contribution in [3.8, 4) is 12.3 Å². The molecular formula is C21H23ClN2O3S. The van der Waals surface area contributed by atoms with Crippen molar-refractivity contribution in [1.29, 1.82) is 0 Å². The summed E-state index contributed by atoms with van der Waals surface area (Å²) in [5.74, 6) is 2.11. The van der Waals surface area contributed by atoms with E-state index in [0.717, 1.165) is 4.31 Å². The molecule has 0 heterocycles. The largest absolute Gasteiger partial charge is 0.336 e. The van der Waals surface area contributed by atoms with Crippen molar-refractivity contribution in [2.24, 2.45) is 0 Å². The normalized spacial score (nSPS) is 11.5. The number of para-hydroxylation sites is 1. The van der Waals surface area contributed by atoms with Crippen LogP contribution in [0.1, 0.15) is 37.0 Å². The summed E-state index contributed by atoms with van der Waals surface area (Å²) in [5, 5.41) is 2.96. The van der Waals surface area contributed by atoms with Gasteiger partial charge in [-0.1, -0.05) is 49.6 Å². The summed E-state index contributed by atoms with van der Waals surface area (Å²) < 4.78 is 27.1. The molecule has 0 aromatic heterocycles. The highest BCUT2D eigenvalue weighted by Crippen LogP contribution is 2.26. The molecule has 2 aromatic rings. The van der Waals surface area contributed by atoms with E-state index in [-0.39, 0.29) is 15.5 Å². The summed E-state index contributed by atoms with van der Waals surface area (Å²) in [4.78, 5) is 12.7. The van der Waals surface area contributed by atoms with Gasteiger partial charge in [0.25, 0.3) is 15.9 Å². The number of rotatable bonds is 7. The fraction of sp³-hybridized carbons (Fsp3) is 0.286. The Morgan fingerprint density at radius 1 is 1.18 bits per heavy atom. The van der Waals surface area contributed by atoms with E-state index in [4.69, 9.17) is 18.0 Å². The SMILES string of the molecule is C#CC(CC)(CC)NC(=O)c1cc(S(=O)(=O)N(C)c2ccccc2)ccc1Cl. The van der Waals surface area contributed by atoms with Gasteiger partial charge in [-0.15, -0.1) is 6.42 Å². The Balaban J connectivity index is 2.43. The molecule has 28 heavy (non-hydrogen) atoms. The van der Waals surface area contributed by atoms with E-state index in [1.54, 1.807) is 30.3 Å². The van der Waals surface area contributed by atoms with Gasteiger partial charge < -0.3 is 5.32 Å². The third kappa shape index (κ3) is 4.32. The third-order valence-corrected chi connectivity index (χ3v) is 6.91. The van der Waals surface area contributed by atoms with Gasteiger partial charge in [0.15, 0.2) is 0 Å². The number of sulfonamides is 1. The molecule has 1 N–H and O–H groups in total. The fourth-order valence-corrected chi connectivity index (χ4v) is 4.15. The molecule has 5 nitrogen and oxygen atoms in total. The lowest BCUT2D eigenvalue weighted by Gasteiger charge is -2.27. The fourth-order valence-electron chi connectivity index (χ4n) is 2.73. The zero-order valence-electron chi connectivity index (χ0n) is 16.1. The van der Waals surface area contributed by atoms with E-state index in [1.807, 2.05) is 13.8 Å². The molecule has 7 heteroatoms. The van der Waals surface area contributed by atoms with Gasteiger partial charge in [-0.2, -0.15) is 0 Å². The minimum Gasteiger partial charge on any atom is -0.336 e. The van der Waals surface area contributed by atoms with Crippen LogP contribution in [-0.4, -0.2) is 26.9 Å². The van der Waals surface area contributed by atoms with Crippen molar-refractivity contribution in [1.82, 2.24) is 5.32 Å². The Hall–Kier alpha value is -2.49. The maximum atomic E-state index is 13.0. The molecule has 0 aliphatic rings. The Kier molecular flexibility index (Phi) is 6.76. The number of carbonyl (C=O) groups is 1. The van der Waals surface area contributed by atoms with Gasteiger partial charge >= 0.3 is 0 Å². The number of hydrogen-bond donors (Lipinski definition) is 1. The average Bonchev–Trinajstić information content (AvgIpc) is 2.72. The number of benzene rings is 2. The summed E-state index contributed by atoms with van der Waals surface area (Å²) in [6.45, 7) is 3.75. The lowest BCUT2D eigenvalue weighted by atomic mass is 9.93. The standard InChI is InChI=1S/C21H23ClN2O3S/c1-5-21(6-2,7-3)23-20(25)18-15-17(13-14-19(18)22)28(26,27)24(4)16-11-9-8-10-12-16/h1,8-15H,6-7H2,2-4H3,(H,23,25). The number of halogens is 1. The topological polar surface area (TPSA) is 66.5 Å². The highest BCUT2D eigenvalue weighted by Gasteiger charge is 2.28. The smallest absolute Gasteiger partial charge is 0.264 e. The van der Waals surface area contributed by atoms with Crippen LogP contribution in [0.25, 0.3) is 0 Å². The van der Waals surface area contributed by atoms with Crippen LogP contribution in [0.5, 0.6) is 0 Å². The van der Waals surface area contributed by atoms with Crippen LogP contribution in [0.2, 0.25) is 5.02 Å². The number of anilines is 1. The second-order valence-corrected chi connectivity index (χ2v) is 8.71. The molecule has 0 aliphatic carbocycles. The van der Waals surface area contributed by atoms with Gasteiger partial charge in [-0.05, 0) is 43.2 Å². The van der Waals surface area contributed by atoms with Crippen LogP contribution in [-0.2, 0) is 10.0 Å². The third-order valence-electron chi connectivity index (χ3n) is 4.80. The Labute approximate surface area is 171 Å². The van der Waals surface area contributed by atoms with E-state index in [2.05, 4.69) is 11.2 Å². The van der Waals surface area contributed by atoms with E-state index >= 15 is 0 Å². The minimum atomic E-state index is -3.87. The number of hydrogen-bond acceptors (Lipinski definition) is 3. The van der Waals surface area contributed by atoms with Crippen molar-refractivity contribution in [3.05, 3.63) is 59.1 Å². The molecular weight excluding hydrogens is 396 g/mol. The highest BCUT2D eigenvalue weighted by atomic mass is 35.5. The van der Waals surface area contributed by atoms with Crippen LogP contribution >= 0.6 is 11.6 Å². The molecule has 0 saturated heterocycles. The van der Waals surface area contributed by atoms with Gasteiger partial charge in [-0.3, -0.25) is 9.10 Å². The Bertz CT molecular complexity index is 994. The van der Waals surface area contributed by atoms with Crippen molar-refractivity contribution < 1.29 is 13.2 Å². The monoisotopic (exact) mass is 418 g/mol. The molecule has 2 rings (SSSR count). The van der Waals surface area contributed by atoms with Gasteiger partial charge in [0.2, 0.25) is 0 Å². The lowest BCUT2D eigenvalue weighted by molar-refractivity contribution is 0.0916. The molecule has 0 fully saturated rings. The molecule has 1 amide bonds. The van der Waals surface area contributed by atoms with Crippen LogP contribution in [0.15, 0.2) is 53.4 Å². The maximum Gasteiger partial charge on any atom is 0.264 e. The van der Waals surface area contributed by atoms with Gasteiger partial charge in [-0.25, -0.2) is 8.42 Å². The van der Waals surface area contributed by atoms with Crippen molar-refractivity contribution in [2.75, 3.05) is 11.4 Å². The molecule has 0 radical (unpaired) electrons. The molecule has 0 atom stereocenters. The van der Waals surface area contributed by atoms with Gasteiger partial charge in [0, 0.05) is 7.05 Å². The first kappa shape index (κ1) is 21.8. The van der Waals surface area contributed by atoms with Crippen LogP contribution in [0.4, 0.5) is 5.69 Å². The molecule has 0 saturated carbocycles. The van der Waals surface area contributed by atoms with Crippen molar-refractivity contribution >= 4 is 33.2 Å². The van der Waals surface area contributed by atoms with Gasteiger partial charge in [0.05, 0.1) is 21.2 Å². The zero-order valence-corrected chi connectivity index (χ0v) is 17.6. The first-order valence-electron chi connectivity index (χ1n) is 8.84. The van der Waals surface area contributed by atoms with Crippen LogP contribution in [0, 0.1) is 12.3 Å². The maximum absolute atomic E-state index is 13.0. The molecule has 0 bridgehead atoms. The molecule has 0 unspecified atom stereocenters. The first-order chi connectivity index (χ1) is 13.2. The molecule has 0 aliphatic heterocycles.